The molecule has 0 aromatic heterocycles. The summed E-state index contributed by atoms with van der Waals surface area (Å²) in [5.41, 5.74) is 1.12. The second-order valence-corrected chi connectivity index (χ2v) is 5.64. The number of carbonyl (C=O) groups excluding carboxylic acids is 1. The van der Waals surface area contributed by atoms with Gasteiger partial charge in [-0.15, -0.1) is 0 Å². The number of carbonyl (C=O) groups is 1. The Kier molecular flexibility index (Phi) is 4.83. The second kappa shape index (κ2) is 6.40. The molecule has 1 amide bonds. The minimum Gasteiger partial charge on any atom is -0.339 e. The van der Waals surface area contributed by atoms with Crippen molar-refractivity contribution in [3.63, 3.8) is 0 Å². The highest BCUT2D eigenvalue weighted by Crippen LogP contribution is 2.24. The van der Waals surface area contributed by atoms with E-state index < -0.39 is 0 Å². The summed E-state index contributed by atoms with van der Waals surface area (Å²) in [6.45, 7) is 3.95. The molecule has 0 bridgehead atoms. The average molecular weight is 281 g/mol. The van der Waals surface area contributed by atoms with Crippen molar-refractivity contribution in [3.05, 3.63) is 34.9 Å². The maximum Gasteiger partial charge on any atom is 0.226 e. The van der Waals surface area contributed by atoms with Crippen molar-refractivity contribution in [2.24, 2.45) is 5.92 Å². The van der Waals surface area contributed by atoms with E-state index in [1.165, 1.54) is 0 Å². The number of piperidine rings is 1. The largest absolute Gasteiger partial charge is 0.339 e. The number of rotatable bonds is 3. The highest BCUT2D eigenvalue weighted by molar-refractivity contribution is 6.30. The van der Waals surface area contributed by atoms with E-state index in [-0.39, 0.29) is 17.9 Å². The van der Waals surface area contributed by atoms with Crippen LogP contribution in [-0.2, 0) is 4.79 Å². The molecule has 2 rings (SSSR count). The van der Waals surface area contributed by atoms with Crippen molar-refractivity contribution in [3.8, 4) is 0 Å². The normalized spacial score (nSPS) is 18.1. The monoisotopic (exact) mass is 280 g/mol. The third kappa shape index (κ3) is 3.48. The zero-order valence-electron chi connectivity index (χ0n) is 11.5. The summed E-state index contributed by atoms with van der Waals surface area (Å²) in [7, 11) is 1.89. The highest BCUT2D eigenvalue weighted by atomic mass is 35.5. The SMILES string of the molecule is CC(c1ccc(Cl)cc1)N(C)C(=O)C1CCNCC1. The number of nitrogens with one attached hydrogen (secondary N) is 1. The zero-order valence-corrected chi connectivity index (χ0v) is 12.3. The van der Waals surface area contributed by atoms with Crippen LogP contribution in [0.1, 0.15) is 31.4 Å². The highest BCUT2D eigenvalue weighted by Gasteiger charge is 2.26. The molecule has 19 heavy (non-hydrogen) atoms. The Balaban J connectivity index is 2.03. The molecule has 104 valence electrons. The fourth-order valence-electron chi connectivity index (χ4n) is 2.51. The predicted octanol–water partition coefficient (Wildman–Crippen LogP) is 2.86. The van der Waals surface area contributed by atoms with Gasteiger partial charge in [0.25, 0.3) is 0 Å². The summed E-state index contributed by atoms with van der Waals surface area (Å²) >= 11 is 5.89. The maximum atomic E-state index is 12.5. The first kappa shape index (κ1) is 14.4. The van der Waals surface area contributed by atoms with Crippen LogP contribution in [0.2, 0.25) is 5.02 Å². The summed E-state index contributed by atoms with van der Waals surface area (Å²) < 4.78 is 0. The lowest BCUT2D eigenvalue weighted by atomic mass is 9.95. The Labute approximate surface area is 119 Å². The minimum absolute atomic E-state index is 0.0830. The van der Waals surface area contributed by atoms with E-state index in [0.29, 0.717) is 0 Å². The van der Waals surface area contributed by atoms with Gasteiger partial charge in [-0.25, -0.2) is 0 Å². The first-order chi connectivity index (χ1) is 9.09. The third-order valence-electron chi connectivity index (χ3n) is 3.97. The third-order valence-corrected chi connectivity index (χ3v) is 4.22. The molecular weight excluding hydrogens is 260 g/mol. The van der Waals surface area contributed by atoms with Crippen molar-refractivity contribution in [1.29, 1.82) is 0 Å². The van der Waals surface area contributed by atoms with Crippen molar-refractivity contribution in [2.75, 3.05) is 20.1 Å². The lowest BCUT2D eigenvalue weighted by Gasteiger charge is -2.31. The molecule has 0 aliphatic carbocycles. The van der Waals surface area contributed by atoms with Gasteiger partial charge in [-0.1, -0.05) is 23.7 Å². The molecule has 1 N–H and O–H groups in total. The number of hydrogen-bond acceptors (Lipinski definition) is 2. The summed E-state index contributed by atoms with van der Waals surface area (Å²) in [5, 5.41) is 4.02. The quantitative estimate of drug-likeness (QED) is 0.923. The first-order valence-corrected chi connectivity index (χ1v) is 7.20. The standard InChI is InChI=1S/C15H21ClN2O/c1-11(12-3-5-14(16)6-4-12)18(2)15(19)13-7-9-17-10-8-13/h3-6,11,13,17H,7-10H2,1-2H3. The number of nitrogens with zero attached hydrogens (tertiary/aromatic N) is 1. The Morgan fingerprint density at radius 1 is 1.32 bits per heavy atom. The minimum atomic E-state index is 0.0830. The number of benzene rings is 1. The summed E-state index contributed by atoms with van der Waals surface area (Å²) in [4.78, 5) is 14.3. The van der Waals surface area contributed by atoms with Gasteiger partial charge in [0, 0.05) is 18.0 Å². The van der Waals surface area contributed by atoms with Gasteiger partial charge < -0.3 is 10.2 Å². The Morgan fingerprint density at radius 2 is 1.89 bits per heavy atom. The van der Waals surface area contributed by atoms with E-state index in [2.05, 4.69) is 12.2 Å². The molecule has 1 aliphatic rings. The Morgan fingerprint density at radius 3 is 2.47 bits per heavy atom. The average Bonchev–Trinajstić information content (AvgIpc) is 2.46. The van der Waals surface area contributed by atoms with Crippen molar-refractivity contribution < 1.29 is 4.79 Å². The molecule has 1 aromatic rings. The van der Waals surface area contributed by atoms with Crippen LogP contribution in [0.25, 0.3) is 0 Å². The van der Waals surface area contributed by atoms with Gasteiger partial charge in [0.1, 0.15) is 0 Å². The van der Waals surface area contributed by atoms with Crippen LogP contribution in [0.4, 0.5) is 0 Å². The molecule has 1 fully saturated rings. The van der Waals surface area contributed by atoms with Crippen LogP contribution in [0.5, 0.6) is 0 Å². The second-order valence-electron chi connectivity index (χ2n) is 5.20. The van der Waals surface area contributed by atoms with E-state index in [1.807, 2.05) is 36.2 Å². The predicted molar refractivity (Wildman–Crippen MR) is 78.2 cm³/mol. The molecule has 1 unspecified atom stereocenters. The van der Waals surface area contributed by atoms with Crippen molar-refractivity contribution >= 4 is 17.5 Å². The fourth-order valence-corrected chi connectivity index (χ4v) is 2.64. The molecule has 0 radical (unpaired) electrons. The number of hydrogen-bond donors (Lipinski definition) is 1. The van der Waals surface area contributed by atoms with Gasteiger partial charge in [-0.05, 0) is 50.6 Å². The number of amides is 1. The van der Waals surface area contributed by atoms with Crippen LogP contribution in [0.3, 0.4) is 0 Å². The summed E-state index contributed by atoms with van der Waals surface area (Å²) in [6.07, 6.45) is 1.88. The lowest BCUT2D eigenvalue weighted by Crippen LogP contribution is -2.40. The van der Waals surface area contributed by atoms with E-state index in [0.717, 1.165) is 36.5 Å². The van der Waals surface area contributed by atoms with Crippen molar-refractivity contribution in [1.82, 2.24) is 10.2 Å². The number of halogens is 1. The van der Waals surface area contributed by atoms with Gasteiger partial charge >= 0.3 is 0 Å². The molecule has 0 spiro atoms. The van der Waals surface area contributed by atoms with Gasteiger partial charge in [-0.3, -0.25) is 4.79 Å². The molecule has 1 aliphatic heterocycles. The van der Waals surface area contributed by atoms with Gasteiger partial charge in [0.15, 0.2) is 0 Å². The Bertz CT molecular complexity index is 426. The first-order valence-electron chi connectivity index (χ1n) is 6.82. The van der Waals surface area contributed by atoms with E-state index in [9.17, 15) is 4.79 Å². The van der Waals surface area contributed by atoms with Crippen LogP contribution >= 0.6 is 11.6 Å². The summed E-state index contributed by atoms with van der Waals surface area (Å²) in [5.74, 6) is 0.421. The molecule has 3 nitrogen and oxygen atoms in total. The molecule has 1 aromatic carbocycles. The van der Waals surface area contributed by atoms with Gasteiger partial charge in [0.2, 0.25) is 5.91 Å². The molecule has 1 atom stereocenters. The molecule has 1 saturated heterocycles. The summed E-state index contributed by atoms with van der Waals surface area (Å²) in [6, 6.07) is 7.80. The fraction of sp³-hybridized carbons (Fsp3) is 0.533. The van der Waals surface area contributed by atoms with Crippen LogP contribution in [-0.4, -0.2) is 30.9 Å². The van der Waals surface area contributed by atoms with Gasteiger partial charge in [0.05, 0.1) is 6.04 Å². The van der Waals surface area contributed by atoms with Gasteiger partial charge in [-0.2, -0.15) is 0 Å². The van der Waals surface area contributed by atoms with E-state index >= 15 is 0 Å². The van der Waals surface area contributed by atoms with Crippen LogP contribution in [0.15, 0.2) is 24.3 Å². The lowest BCUT2D eigenvalue weighted by molar-refractivity contribution is -0.137. The van der Waals surface area contributed by atoms with Crippen LogP contribution < -0.4 is 5.32 Å². The smallest absolute Gasteiger partial charge is 0.226 e. The molecular formula is C15H21ClN2O. The molecule has 0 saturated carbocycles. The van der Waals surface area contributed by atoms with Crippen LogP contribution in [0, 0.1) is 5.92 Å². The zero-order chi connectivity index (χ0) is 13.8. The molecule has 1 heterocycles. The topological polar surface area (TPSA) is 32.3 Å². The van der Waals surface area contributed by atoms with E-state index in [1.54, 1.807) is 0 Å². The van der Waals surface area contributed by atoms with E-state index in [4.69, 9.17) is 11.6 Å². The van der Waals surface area contributed by atoms with Crippen molar-refractivity contribution in [2.45, 2.75) is 25.8 Å². The Hall–Kier alpha value is -1.06. The maximum absolute atomic E-state index is 12.5. The molecule has 4 heteroatoms.